The van der Waals surface area contributed by atoms with Crippen molar-refractivity contribution in [3.63, 3.8) is 0 Å². The molecule has 0 aliphatic heterocycles. The quantitative estimate of drug-likeness (QED) is 0.766. The van der Waals surface area contributed by atoms with Crippen LogP contribution in [0.25, 0.3) is 0 Å². The summed E-state index contributed by atoms with van der Waals surface area (Å²) in [5.41, 5.74) is 0.594. The van der Waals surface area contributed by atoms with Gasteiger partial charge in [0.2, 0.25) is 0 Å². The van der Waals surface area contributed by atoms with Crippen molar-refractivity contribution in [2.45, 2.75) is 16.8 Å². The lowest BCUT2D eigenvalue weighted by atomic mass is 10.2. The fourth-order valence-electron chi connectivity index (χ4n) is 1.32. The molecule has 18 heavy (non-hydrogen) atoms. The van der Waals surface area contributed by atoms with E-state index in [0.29, 0.717) is 15.6 Å². The van der Waals surface area contributed by atoms with Crippen LogP contribution >= 0.6 is 35.0 Å². The summed E-state index contributed by atoms with van der Waals surface area (Å²) < 4.78 is 0. The zero-order valence-electron chi connectivity index (χ0n) is 9.48. The first kappa shape index (κ1) is 13.4. The molecule has 0 N–H and O–H groups in total. The lowest BCUT2D eigenvalue weighted by Gasteiger charge is -2.04. The Morgan fingerprint density at radius 1 is 1.22 bits per heavy atom. The van der Waals surface area contributed by atoms with E-state index in [1.165, 1.54) is 18.7 Å². The molecule has 1 aromatic carbocycles. The maximum atomic E-state index is 11.1. The molecule has 1 heterocycles. The van der Waals surface area contributed by atoms with E-state index in [-0.39, 0.29) is 5.78 Å². The van der Waals surface area contributed by atoms with Gasteiger partial charge in [-0.3, -0.25) is 4.79 Å². The maximum absolute atomic E-state index is 11.1. The van der Waals surface area contributed by atoms with Crippen molar-refractivity contribution in [2.24, 2.45) is 0 Å². The minimum atomic E-state index is -0.000150. The number of hydrogen-bond donors (Lipinski definition) is 0. The molecule has 0 bridgehead atoms. The van der Waals surface area contributed by atoms with E-state index in [2.05, 4.69) is 4.98 Å². The van der Waals surface area contributed by atoms with Crippen LogP contribution in [0.4, 0.5) is 0 Å². The smallest absolute Gasteiger partial charge is 0.161 e. The third-order valence-corrected chi connectivity index (χ3v) is 3.94. The molecule has 0 fully saturated rings. The number of nitrogens with zero attached hydrogens (tertiary/aromatic N) is 1. The summed E-state index contributed by atoms with van der Waals surface area (Å²) in [5.74, 6) is -0.000150. The molecule has 5 heteroatoms. The Bertz CT molecular complexity index is 584. The number of carbonyl (C=O) groups is 1. The second kappa shape index (κ2) is 5.74. The molecule has 92 valence electrons. The number of aromatic nitrogens is 1. The highest BCUT2D eigenvalue weighted by Crippen LogP contribution is 2.34. The molecular formula is C13H9Cl2NOS. The predicted octanol–water partition coefficient (Wildman–Crippen LogP) is 4.74. The summed E-state index contributed by atoms with van der Waals surface area (Å²) in [4.78, 5) is 16.2. The van der Waals surface area contributed by atoms with Crippen molar-refractivity contribution in [3.05, 3.63) is 52.1 Å². The average molecular weight is 298 g/mol. The van der Waals surface area contributed by atoms with Crippen LogP contribution in [-0.4, -0.2) is 10.8 Å². The summed E-state index contributed by atoms with van der Waals surface area (Å²) >= 11 is 13.4. The second-order valence-electron chi connectivity index (χ2n) is 3.62. The Hall–Kier alpha value is -1.03. The second-order valence-corrected chi connectivity index (χ2v) is 5.52. The highest BCUT2D eigenvalue weighted by molar-refractivity contribution is 7.99. The van der Waals surface area contributed by atoms with Gasteiger partial charge in [-0.05, 0) is 37.3 Å². The zero-order valence-corrected chi connectivity index (χ0v) is 11.8. The molecule has 1 aromatic heterocycles. The normalized spacial score (nSPS) is 10.4. The minimum Gasteiger partial charge on any atom is -0.294 e. The first-order chi connectivity index (χ1) is 8.56. The predicted molar refractivity (Wildman–Crippen MR) is 74.8 cm³/mol. The van der Waals surface area contributed by atoms with Crippen molar-refractivity contribution >= 4 is 40.7 Å². The maximum Gasteiger partial charge on any atom is 0.161 e. The van der Waals surface area contributed by atoms with Crippen LogP contribution in [0, 0.1) is 0 Å². The van der Waals surface area contributed by atoms with Crippen LogP contribution in [0.15, 0.2) is 46.5 Å². The molecular weight excluding hydrogens is 289 g/mol. The van der Waals surface area contributed by atoms with Crippen LogP contribution < -0.4 is 0 Å². The highest BCUT2D eigenvalue weighted by Gasteiger charge is 2.06. The lowest BCUT2D eigenvalue weighted by molar-refractivity contribution is 0.101. The molecule has 0 saturated heterocycles. The summed E-state index contributed by atoms with van der Waals surface area (Å²) in [7, 11) is 0. The Labute approximate surface area is 119 Å². The number of halogens is 2. The van der Waals surface area contributed by atoms with Crippen LogP contribution in [0.2, 0.25) is 10.0 Å². The molecule has 0 saturated carbocycles. The van der Waals surface area contributed by atoms with Gasteiger partial charge in [-0.25, -0.2) is 4.98 Å². The van der Waals surface area contributed by atoms with Gasteiger partial charge >= 0.3 is 0 Å². The zero-order chi connectivity index (χ0) is 13.1. The van der Waals surface area contributed by atoms with Gasteiger partial charge in [-0.2, -0.15) is 0 Å². The van der Waals surface area contributed by atoms with E-state index in [1.807, 2.05) is 0 Å². The molecule has 0 unspecified atom stereocenters. The Morgan fingerprint density at radius 2 is 2.00 bits per heavy atom. The SMILES string of the molecule is CC(=O)c1ccc(Sc2cc(Cl)ccc2Cl)nc1. The standard InChI is InChI=1S/C13H9Cl2NOS/c1-8(17)9-2-5-13(16-7-9)18-12-6-10(14)3-4-11(12)15/h2-7H,1H3. The van der Waals surface area contributed by atoms with Crippen LogP contribution in [0.3, 0.4) is 0 Å². The van der Waals surface area contributed by atoms with Crippen molar-refractivity contribution in [1.82, 2.24) is 4.98 Å². The van der Waals surface area contributed by atoms with Crippen LogP contribution in [0.1, 0.15) is 17.3 Å². The number of carbonyl (C=O) groups excluding carboxylic acids is 1. The molecule has 2 aromatic rings. The van der Waals surface area contributed by atoms with Gasteiger partial charge in [-0.15, -0.1) is 0 Å². The summed E-state index contributed by atoms with van der Waals surface area (Å²) in [5, 5.41) is 2.02. The molecule has 0 radical (unpaired) electrons. The number of ketones is 1. The highest BCUT2D eigenvalue weighted by atomic mass is 35.5. The van der Waals surface area contributed by atoms with Gasteiger partial charge in [-0.1, -0.05) is 35.0 Å². The van der Waals surface area contributed by atoms with Crippen molar-refractivity contribution in [1.29, 1.82) is 0 Å². The number of hydrogen-bond acceptors (Lipinski definition) is 3. The minimum absolute atomic E-state index is 0.000150. The molecule has 0 amide bonds. The average Bonchev–Trinajstić information content (AvgIpc) is 2.34. The Morgan fingerprint density at radius 3 is 2.61 bits per heavy atom. The van der Waals surface area contributed by atoms with Crippen LogP contribution in [-0.2, 0) is 0 Å². The van der Waals surface area contributed by atoms with E-state index in [1.54, 1.807) is 36.5 Å². The van der Waals surface area contributed by atoms with Crippen molar-refractivity contribution in [3.8, 4) is 0 Å². The number of Topliss-reactive ketones (excluding diaryl/α,β-unsaturated/α-hetero) is 1. The number of rotatable bonds is 3. The molecule has 2 nitrogen and oxygen atoms in total. The van der Waals surface area contributed by atoms with Gasteiger partial charge in [0.1, 0.15) is 5.03 Å². The molecule has 0 aliphatic rings. The summed E-state index contributed by atoms with van der Waals surface area (Å²) in [6.45, 7) is 1.51. The summed E-state index contributed by atoms with van der Waals surface area (Å²) in [6, 6.07) is 8.81. The fourth-order valence-corrected chi connectivity index (χ4v) is 2.61. The van der Waals surface area contributed by atoms with Gasteiger partial charge < -0.3 is 0 Å². The fraction of sp³-hybridized carbons (Fsp3) is 0.0769. The molecule has 2 rings (SSSR count). The van der Waals surface area contributed by atoms with E-state index in [0.717, 1.165) is 9.92 Å². The van der Waals surface area contributed by atoms with E-state index < -0.39 is 0 Å². The Balaban J connectivity index is 2.23. The summed E-state index contributed by atoms with van der Waals surface area (Å²) in [6.07, 6.45) is 1.56. The third-order valence-electron chi connectivity index (χ3n) is 2.25. The van der Waals surface area contributed by atoms with Crippen molar-refractivity contribution < 1.29 is 4.79 Å². The van der Waals surface area contributed by atoms with E-state index in [9.17, 15) is 4.79 Å². The first-order valence-corrected chi connectivity index (χ1v) is 6.73. The van der Waals surface area contributed by atoms with Gasteiger partial charge in [0, 0.05) is 21.7 Å². The topological polar surface area (TPSA) is 30.0 Å². The molecule has 0 aliphatic carbocycles. The van der Waals surface area contributed by atoms with Crippen molar-refractivity contribution in [2.75, 3.05) is 0 Å². The number of benzene rings is 1. The number of pyridine rings is 1. The third kappa shape index (κ3) is 3.25. The van der Waals surface area contributed by atoms with Crippen LogP contribution in [0.5, 0.6) is 0 Å². The lowest BCUT2D eigenvalue weighted by Crippen LogP contribution is -1.92. The van der Waals surface area contributed by atoms with Gasteiger partial charge in [0.15, 0.2) is 5.78 Å². The van der Waals surface area contributed by atoms with Gasteiger partial charge in [0.05, 0.1) is 5.02 Å². The molecule has 0 atom stereocenters. The Kier molecular flexibility index (Phi) is 4.27. The monoisotopic (exact) mass is 297 g/mol. The van der Waals surface area contributed by atoms with E-state index >= 15 is 0 Å². The molecule has 0 spiro atoms. The largest absolute Gasteiger partial charge is 0.294 e. The first-order valence-electron chi connectivity index (χ1n) is 5.16. The van der Waals surface area contributed by atoms with Gasteiger partial charge in [0.25, 0.3) is 0 Å². The van der Waals surface area contributed by atoms with E-state index in [4.69, 9.17) is 23.2 Å².